The largest absolute Gasteiger partial charge is 0.478 e. The van der Waals surface area contributed by atoms with E-state index in [1.807, 2.05) is 0 Å². The van der Waals surface area contributed by atoms with E-state index in [1.165, 1.54) is 18.3 Å². The lowest BCUT2D eigenvalue weighted by atomic mass is 10.2. The minimum Gasteiger partial charge on any atom is -0.478 e. The van der Waals surface area contributed by atoms with E-state index in [0.29, 0.717) is 11.7 Å². The van der Waals surface area contributed by atoms with E-state index in [0.717, 1.165) is 0 Å². The summed E-state index contributed by atoms with van der Waals surface area (Å²) in [7, 11) is 0. The fourth-order valence-corrected chi connectivity index (χ4v) is 1.91. The molecule has 1 aromatic carbocycles. The molecular formula is C13H12ClN3O4. The highest BCUT2D eigenvalue weighted by Crippen LogP contribution is 2.24. The number of carbonyl (C=O) groups is 2. The van der Waals surface area contributed by atoms with Crippen molar-refractivity contribution in [3.8, 4) is 0 Å². The van der Waals surface area contributed by atoms with Crippen LogP contribution in [-0.4, -0.2) is 22.1 Å². The number of hydrogen-bond acceptors (Lipinski definition) is 4. The van der Waals surface area contributed by atoms with Crippen molar-refractivity contribution in [3.05, 3.63) is 46.6 Å². The summed E-state index contributed by atoms with van der Waals surface area (Å²) in [6.07, 6.45) is 1.54. The van der Waals surface area contributed by atoms with E-state index in [4.69, 9.17) is 21.1 Å². The predicted molar refractivity (Wildman–Crippen MR) is 75.5 cm³/mol. The first-order valence-corrected chi connectivity index (χ1v) is 6.33. The number of nitrogens with one attached hydrogen (secondary N) is 2. The van der Waals surface area contributed by atoms with Gasteiger partial charge in [0, 0.05) is 0 Å². The van der Waals surface area contributed by atoms with Crippen molar-refractivity contribution in [1.29, 1.82) is 0 Å². The summed E-state index contributed by atoms with van der Waals surface area (Å²) in [4.78, 5) is 26.8. The number of oxazole rings is 1. The second-order valence-electron chi connectivity index (χ2n) is 4.14. The van der Waals surface area contributed by atoms with Crippen LogP contribution in [0.1, 0.15) is 22.0 Å². The maximum Gasteiger partial charge on any atom is 0.339 e. The van der Waals surface area contributed by atoms with Crippen LogP contribution in [-0.2, 0) is 6.54 Å². The third-order valence-electron chi connectivity index (χ3n) is 2.54. The summed E-state index contributed by atoms with van der Waals surface area (Å²) in [6.45, 7) is 1.82. The third-order valence-corrected chi connectivity index (χ3v) is 2.86. The highest BCUT2D eigenvalue weighted by molar-refractivity contribution is 6.34. The number of aromatic nitrogens is 1. The molecule has 0 atom stereocenters. The lowest BCUT2D eigenvalue weighted by Crippen LogP contribution is -2.29. The molecule has 3 N–H and O–H groups in total. The van der Waals surface area contributed by atoms with Crippen molar-refractivity contribution in [3.63, 3.8) is 0 Å². The molecule has 0 saturated heterocycles. The van der Waals surface area contributed by atoms with Gasteiger partial charge in [0.15, 0.2) is 0 Å². The van der Waals surface area contributed by atoms with Gasteiger partial charge >= 0.3 is 12.0 Å². The molecule has 0 radical (unpaired) electrons. The fourth-order valence-electron chi connectivity index (χ4n) is 1.65. The molecule has 2 aromatic rings. The van der Waals surface area contributed by atoms with Crippen LogP contribution in [0.5, 0.6) is 0 Å². The van der Waals surface area contributed by atoms with E-state index in [-0.39, 0.29) is 22.8 Å². The van der Waals surface area contributed by atoms with Gasteiger partial charge in [-0.1, -0.05) is 17.7 Å². The zero-order chi connectivity index (χ0) is 15.4. The Morgan fingerprint density at radius 2 is 2.19 bits per heavy atom. The number of amides is 2. The number of urea groups is 1. The second kappa shape index (κ2) is 6.27. The summed E-state index contributed by atoms with van der Waals surface area (Å²) in [5.41, 5.74) is -0.0580. The summed E-state index contributed by atoms with van der Waals surface area (Å²) in [5.74, 6) is -0.235. The van der Waals surface area contributed by atoms with Crippen molar-refractivity contribution in [1.82, 2.24) is 10.3 Å². The van der Waals surface area contributed by atoms with Gasteiger partial charge in [-0.05, 0) is 19.1 Å². The molecule has 8 heteroatoms. The number of carboxylic acid groups (broad SMARTS) is 1. The number of anilines is 1. The molecule has 21 heavy (non-hydrogen) atoms. The van der Waals surface area contributed by atoms with Crippen LogP contribution in [0.15, 0.2) is 28.8 Å². The van der Waals surface area contributed by atoms with Gasteiger partial charge in [0.2, 0.25) is 5.89 Å². The van der Waals surface area contributed by atoms with Gasteiger partial charge in [-0.25, -0.2) is 14.6 Å². The van der Waals surface area contributed by atoms with Gasteiger partial charge in [0.25, 0.3) is 0 Å². The molecule has 7 nitrogen and oxygen atoms in total. The van der Waals surface area contributed by atoms with Crippen molar-refractivity contribution in [2.45, 2.75) is 13.5 Å². The number of aryl methyl sites for hydroxylation is 1. The quantitative estimate of drug-likeness (QED) is 0.805. The number of rotatable bonds is 4. The molecule has 1 heterocycles. The van der Waals surface area contributed by atoms with E-state index in [9.17, 15) is 9.59 Å². The van der Waals surface area contributed by atoms with Crippen molar-refractivity contribution in [2.75, 3.05) is 5.32 Å². The number of carboxylic acids is 1. The van der Waals surface area contributed by atoms with E-state index in [2.05, 4.69) is 15.6 Å². The van der Waals surface area contributed by atoms with Crippen LogP contribution < -0.4 is 10.6 Å². The summed E-state index contributed by atoms with van der Waals surface area (Å²) in [5, 5.41) is 14.1. The van der Waals surface area contributed by atoms with E-state index >= 15 is 0 Å². The summed E-state index contributed by atoms with van der Waals surface area (Å²) >= 11 is 5.81. The maximum atomic E-state index is 11.8. The van der Waals surface area contributed by atoms with Gasteiger partial charge in [-0.3, -0.25) is 0 Å². The fraction of sp³-hybridized carbons (Fsp3) is 0.154. The first-order valence-electron chi connectivity index (χ1n) is 5.95. The Morgan fingerprint density at radius 1 is 1.43 bits per heavy atom. The number of benzene rings is 1. The maximum absolute atomic E-state index is 11.8. The molecule has 0 aliphatic heterocycles. The predicted octanol–water partition coefficient (Wildman–Crippen LogP) is 2.66. The van der Waals surface area contributed by atoms with Crippen LogP contribution in [0.25, 0.3) is 0 Å². The minimum absolute atomic E-state index is 0.0450. The van der Waals surface area contributed by atoms with E-state index < -0.39 is 12.0 Å². The first-order chi connectivity index (χ1) is 9.97. The number of carbonyl (C=O) groups excluding carboxylic acids is 1. The number of hydrogen-bond donors (Lipinski definition) is 3. The lowest BCUT2D eigenvalue weighted by Gasteiger charge is -2.10. The van der Waals surface area contributed by atoms with Gasteiger partial charge in [0.05, 0.1) is 23.5 Å². The highest BCUT2D eigenvalue weighted by Gasteiger charge is 2.16. The molecule has 0 unspecified atom stereocenters. The van der Waals surface area contributed by atoms with Crippen LogP contribution in [0, 0.1) is 6.92 Å². The van der Waals surface area contributed by atoms with Crippen LogP contribution in [0.4, 0.5) is 10.5 Å². The second-order valence-corrected chi connectivity index (χ2v) is 4.55. The molecular weight excluding hydrogens is 298 g/mol. The molecule has 2 rings (SSSR count). The molecule has 0 spiro atoms. The molecule has 2 amide bonds. The minimum atomic E-state index is -1.22. The smallest absolute Gasteiger partial charge is 0.339 e. The molecule has 0 aliphatic carbocycles. The zero-order valence-corrected chi connectivity index (χ0v) is 11.8. The van der Waals surface area contributed by atoms with Crippen molar-refractivity contribution in [2.24, 2.45) is 0 Å². The van der Waals surface area contributed by atoms with Gasteiger partial charge in [0.1, 0.15) is 11.3 Å². The standard InChI is InChI=1S/C13H12ClN3O4/c1-7-5-15-10(21-7)6-16-13(20)17-9-4-2-3-8(14)11(9)12(18)19/h2-5H,6H2,1H3,(H,18,19)(H2,16,17,20). The van der Waals surface area contributed by atoms with Crippen LogP contribution in [0.2, 0.25) is 5.02 Å². The van der Waals surface area contributed by atoms with Gasteiger partial charge in [-0.15, -0.1) is 0 Å². The topological polar surface area (TPSA) is 104 Å². The normalized spacial score (nSPS) is 10.2. The monoisotopic (exact) mass is 309 g/mol. The zero-order valence-electron chi connectivity index (χ0n) is 11.0. The number of aromatic carboxylic acids is 1. The Morgan fingerprint density at radius 3 is 2.81 bits per heavy atom. The molecule has 0 bridgehead atoms. The van der Waals surface area contributed by atoms with Gasteiger partial charge in [-0.2, -0.15) is 0 Å². The molecule has 0 aliphatic rings. The Labute approximate surface area is 124 Å². The molecule has 0 saturated carbocycles. The Bertz CT molecular complexity index is 684. The summed E-state index contributed by atoms with van der Waals surface area (Å²) in [6, 6.07) is 3.84. The van der Waals surface area contributed by atoms with Crippen LogP contribution in [0.3, 0.4) is 0 Å². The molecule has 110 valence electrons. The average molecular weight is 310 g/mol. The molecule has 1 aromatic heterocycles. The Hall–Kier alpha value is -2.54. The SMILES string of the molecule is Cc1cnc(CNC(=O)Nc2cccc(Cl)c2C(=O)O)o1. The first kappa shape index (κ1) is 14.9. The molecule has 0 fully saturated rings. The average Bonchev–Trinajstić information content (AvgIpc) is 2.82. The van der Waals surface area contributed by atoms with E-state index in [1.54, 1.807) is 13.0 Å². The van der Waals surface area contributed by atoms with Gasteiger partial charge < -0.3 is 20.2 Å². The highest BCUT2D eigenvalue weighted by atomic mass is 35.5. The lowest BCUT2D eigenvalue weighted by molar-refractivity contribution is 0.0698. The number of nitrogens with zero attached hydrogens (tertiary/aromatic N) is 1. The Balaban J connectivity index is 2.03. The number of halogens is 1. The van der Waals surface area contributed by atoms with Crippen molar-refractivity contribution >= 4 is 29.3 Å². The van der Waals surface area contributed by atoms with Crippen molar-refractivity contribution < 1.29 is 19.1 Å². The summed E-state index contributed by atoms with van der Waals surface area (Å²) < 4.78 is 5.20. The third kappa shape index (κ3) is 3.73. The van der Waals surface area contributed by atoms with Crippen LogP contribution >= 0.6 is 11.6 Å². The Kier molecular flexibility index (Phi) is 4.44.